The lowest BCUT2D eigenvalue weighted by Crippen LogP contribution is -2.04. The van der Waals surface area contributed by atoms with Gasteiger partial charge in [-0.1, -0.05) is 47.6 Å². The number of halogens is 1. The van der Waals surface area contributed by atoms with E-state index in [9.17, 15) is 8.42 Å². The number of fused-ring (bicyclic) bond motifs is 1. The third kappa shape index (κ3) is 5.48. The lowest BCUT2D eigenvalue weighted by molar-refractivity contribution is 0.413. The standard InChI is InChI=1S/C13H11BrN4.C11H14O3S/c1-8-12-7-15-9(2)17-18(12)13(16-8)10-4-3-5-11(14)6-10;1-4-9-8-10(15(12,13)5-2)6-7-11(9)14-3/h3-7H,1-2H3;4,6-8H,1,5H2,2-3H3. The van der Waals surface area contributed by atoms with E-state index in [1.807, 2.05) is 48.8 Å². The predicted octanol–water partition coefficient (Wildman–Crippen LogP) is 5.30. The SMILES string of the molecule is C=Cc1cc(S(=O)(=O)CC)ccc1OC.Cc1ncc2c(C)nc(-c3cccc(Br)c3)n2n1. The summed E-state index contributed by atoms with van der Waals surface area (Å²) in [6, 6.07) is 12.8. The highest BCUT2D eigenvalue weighted by atomic mass is 79.9. The van der Waals surface area contributed by atoms with E-state index in [0.717, 1.165) is 32.9 Å². The second kappa shape index (κ2) is 10.3. The van der Waals surface area contributed by atoms with Crippen molar-refractivity contribution in [1.29, 1.82) is 0 Å². The van der Waals surface area contributed by atoms with Gasteiger partial charge in [-0.15, -0.1) is 0 Å². The van der Waals surface area contributed by atoms with Gasteiger partial charge in [0.15, 0.2) is 15.7 Å². The first kappa shape index (κ1) is 24.6. The van der Waals surface area contributed by atoms with Crippen molar-refractivity contribution in [3.63, 3.8) is 0 Å². The van der Waals surface area contributed by atoms with Gasteiger partial charge in [0.2, 0.25) is 0 Å². The van der Waals surface area contributed by atoms with Crippen LogP contribution in [0.2, 0.25) is 0 Å². The molecule has 0 N–H and O–H groups in total. The minimum atomic E-state index is -3.16. The van der Waals surface area contributed by atoms with Crippen LogP contribution in [0.3, 0.4) is 0 Å². The summed E-state index contributed by atoms with van der Waals surface area (Å²) >= 11 is 3.47. The van der Waals surface area contributed by atoms with Gasteiger partial charge in [-0.2, -0.15) is 5.10 Å². The van der Waals surface area contributed by atoms with E-state index in [-0.39, 0.29) is 5.75 Å². The molecule has 0 radical (unpaired) electrons. The number of aromatic nitrogens is 4. The van der Waals surface area contributed by atoms with E-state index in [1.54, 1.807) is 31.2 Å². The molecule has 0 aliphatic rings. The predicted molar refractivity (Wildman–Crippen MR) is 134 cm³/mol. The zero-order valence-electron chi connectivity index (χ0n) is 18.9. The Morgan fingerprint density at radius 1 is 1.18 bits per heavy atom. The summed E-state index contributed by atoms with van der Waals surface area (Å²) in [6.45, 7) is 9.07. The molecule has 0 aliphatic carbocycles. The number of sulfone groups is 1. The van der Waals surface area contributed by atoms with Crippen LogP contribution < -0.4 is 4.74 Å². The molecule has 0 unspecified atom stereocenters. The summed E-state index contributed by atoms with van der Waals surface area (Å²) in [5.41, 5.74) is 3.60. The van der Waals surface area contributed by atoms with Crippen molar-refractivity contribution in [2.24, 2.45) is 0 Å². The number of nitrogens with zero attached hydrogens (tertiary/aromatic N) is 4. The highest BCUT2D eigenvalue weighted by Crippen LogP contribution is 2.25. The number of imidazole rings is 1. The monoisotopic (exact) mass is 528 g/mol. The van der Waals surface area contributed by atoms with Crippen LogP contribution in [0.4, 0.5) is 0 Å². The van der Waals surface area contributed by atoms with Gasteiger partial charge < -0.3 is 4.74 Å². The summed E-state index contributed by atoms with van der Waals surface area (Å²) in [7, 11) is -1.62. The van der Waals surface area contributed by atoms with Gasteiger partial charge in [-0.3, -0.25) is 0 Å². The van der Waals surface area contributed by atoms with Crippen LogP contribution in [0, 0.1) is 13.8 Å². The lowest BCUT2D eigenvalue weighted by Gasteiger charge is -2.07. The molecule has 0 saturated carbocycles. The molecular formula is C24H25BrN4O3S. The fourth-order valence-electron chi connectivity index (χ4n) is 3.15. The van der Waals surface area contributed by atoms with Gasteiger partial charge in [-0.25, -0.2) is 22.9 Å². The molecule has 0 spiro atoms. The molecule has 2 aromatic carbocycles. The average molecular weight is 529 g/mol. The molecule has 0 fully saturated rings. The first-order valence-electron chi connectivity index (χ1n) is 10.2. The minimum absolute atomic E-state index is 0.0932. The normalized spacial score (nSPS) is 11.1. The van der Waals surface area contributed by atoms with Gasteiger partial charge >= 0.3 is 0 Å². The van der Waals surface area contributed by atoms with E-state index in [4.69, 9.17) is 4.74 Å². The summed E-state index contributed by atoms with van der Waals surface area (Å²) in [5.74, 6) is 2.29. The van der Waals surface area contributed by atoms with Crippen LogP contribution in [0.1, 0.15) is 24.0 Å². The first-order chi connectivity index (χ1) is 15.7. The molecule has 0 aliphatic heterocycles. The lowest BCUT2D eigenvalue weighted by atomic mass is 10.2. The molecule has 0 bridgehead atoms. The Morgan fingerprint density at radius 3 is 2.58 bits per heavy atom. The summed E-state index contributed by atoms with van der Waals surface area (Å²) in [6.07, 6.45) is 3.39. The van der Waals surface area contributed by atoms with Gasteiger partial charge in [0.25, 0.3) is 0 Å². The maximum Gasteiger partial charge on any atom is 0.178 e. The van der Waals surface area contributed by atoms with E-state index in [2.05, 4.69) is 37.6 Å². The van der Waals surface area contributed by atoms with Crippen LogP contribution in [0.25, 0.3) is 23.0 Å². The Hall–Kier alpha value is -3.04. The fourth-order valence-corrected chi connectivity index (χ4v) is 4.47. The molecule has 33 heavy (non-hydrogen) atoms. The molecule has 2 aromatic heterocycles. The Balaban J connectivity index is 0.000000190. The number of hydrogen-bond acceptors (Lipinski definition) is 6. The molecule has 7 nitrogen and oxygen atoms in total. The first-order valence-corrected chi connectivity index (χ1v) is 12.6. The molecule has 172 valence electrons. The Morgan fingerprint density at radius 2 is 1.94 bits per heavy atom. The molecule has 4 aromatic rings. The number of benzene rings is 2. The van der Waals surface area contributed by atoms with Gasteiger partial charge in [0, 0.05) is 15.6 Å². The van der Waals surface area contributed by atoms with E-state index < -0.39 is 9.84 Å². The van der Waals surface area contributed by atoms with Crippen LogP contribution in [-0.2, 0) is 9.84 Å². The number of methoxy groups -OCH3 is 1. The van der Waals surface area contributed by atoms with Crippen LogP contribution >= 0.6 is 15.9 Å². The molecule has 0 saturated heterocycles. The van der Waals surface area contributed by atoms with Crippen molar-refractivity contribution in [2.75, 3.05) is 12.9 Å². The zero-order valence-corrected chi connectivity index (χ0v) is 21.3. The van der Waals surface area contributed by atoms with E-state index in [0.29, 0.717) is 16.2 Å². The minimum Gasteiger partial charge on any atom is -0.496 e. The van der Waals surface area contributed by atoms with Crippen molar-refractivity contribution in [3.8, 4) is 17.1 Å². The topological polar surface area (TPSA) is 86.5 Å². The Labute approximate surface area is 202 Å². The summed E-state index contributed by atoms with van der Waals surface area (Å²) in [5, 5.41) is 4.43. The molecule has 0 atom stereocenters. The fraction of sp³-hybridized carbons (Fsp3) is 0.208. The van der Waals surface area contributed by atoms with Crippen molar-refractivity contribution >= 4 is 37.4 Å². The van der Waals surface area contributed by atoms with Crippen molar-refractivity contribution in [2.45, 2.75) is 25.7 Å². The number of aryl methyl sites for hydroxylation is 2. The quantitative estimate of drug-likeness (QED) is 0.349. The third-order valence-corrected chi connectivity index (χ3v) is 7.16. The zero-order chi connectivity index (χ0) is 24.2. The van der Waals surface area contributed by atoms with Gasteiger partial charge in [0.05, 0.1) is 29.6 Å². The Kier molecular flexibility index (Phi) is 7.65. The molecule has 9 heteroatoms. The van der Waals surface area contributed by atoms with Crippen molar-refractivity contribution < 1.29 is 13.2 Å². The van der Waals surface area contributed by atoms with E-state index >= 15 is 0 Å². The van der Waals surface area contributed by atoms with E-state index in [1.165, 1.54) is 7.11 Å². The molecule has 4 rings (SSSR count). The average Bonchev–Trinajstić information content (AvgIpc) is 3.14. The molecular weight excluding hydrogens is 504 g/mol. The maximum atomic E-state index is 11.6. The highest BCUT2D eigenvalue weighted by molar-refractivity contribution is 9.10. The Bertz CT molecular complexity index is 1410. The number of rotatable bonds is 5. The van der Waals surface area contributed by atoms with Crippen molar-refractivity contribution in [1.82, 2.24) is 19.6 Å². The molecule has 0 amide bonds. The second-order valence-electron chi connectivity index (χ2n) is 7.14. The number of hydrogen-bond donors (Lipinski definition) is 0. The van der Waals surface area contributed by atoms with Crippen LogP contribution in [0.5, 0.6) is 5.75 Å². The highest BCUT2D eigenvalue weighted by Gasteiger charge is 2.13. The van der Waals surface area contributed by atoms with Crippen molar-refractivity contribution in [3.05, 3.63) is 76.8 Å². The van der Waals surface area contributed by atoms with Crippen LogP contribution in [-0.4, -0.2) is 40.9 Å². The number of ether oxygens (including phenoxy) is 1. The maximum absolute atomic E-state index is 11.6. The second-order valence-corrected chi connectivity index (χ2v) is 10.3. The smallest absolute Gasteiger partial charge is 0.178 e. The van der Waals surface area contributed by atoms with Crippen LogP contribution in [0.15, 0.2) is 64.6 Å². The summed E-state index contributed by atoms with van der Waals surface area (Å²) < 4.78 is 31.1. The largest absolute Gasteiger partial charge is 0.496 e. The molecule has 2 heterocycles. The summed E-state index contributed by atoms with van der Waals surface area (Å²) in [4.78, 5) is 9.10. The van der Waals surface area contributed by atoms with Gasteiger partial charge in [0.1, 0.15) is 17.1 Å². The third-order valence-electron chi connectivity index (χ3n) is 4.93. The van der Waals surface area contributed by atoms with Gasteiger partial charge in [-0.05, 0) is 44.2 Å².